The molecule has 1 rings (SSSR count). The Morgan fingerprint density at radius 3 is 2.74 bits per heavy atom. The van der Waals surface area contributed by atoms with Crippen LogP contribution in [-0.2, 0) is 9.59 Å². The van der Waals surface area contributed by atoms with E-state index < -0.39 is 0 Å². The summed E-state index contributed by atoms with van der Waals surface area (Å²) in [4.78, 5) is 22.1. The van der Waals surface area contributed by atoms with Crippen molar-refractivity contribution < 1.29 is 9.59 Å². The van der Waals surface area contributed by atoms with Gasteiger partial charge in [-0.1, -0.05) is 12.1 Å². The molecule has 5 nitrogen and oxygen atoms in total. The predicted molar refractivity (Wildman–Crippen MR) is 75.7 cm³/mol. The number of nitrogens with one attached hydrogen (secondary N) is 2. The standard InChI is InChI=1S/C14H21N3O2/c1-11-5-4-6-12(9-11)17-14(19)10-16-8-3-2-7-13(15)18/h4-6,9,16H,2-3,7-8,10H2,1H3,(H2,15,18)(H,17,19). The summed E-state index contributed by atoms with van der Waals surface area (Å²) in [5, 5.41) is 5.85. The maximum Gasteiger partial charge on any atom is 0.238 e. The summed E-state index contributed by atoms with van der Waals surface area (Å²) in [5.41, 5.74) is 6.94. The quantitative estimate of drug-likeness (QED) is 0.616. The molecule has 0 aliphatic carbocycles. The fraction of sp³-hybridized carbons (Fsp3) is 0.429. The number of benzene rings is 1. The van der Waals surface area contributed by atoms with Crippen molar-refractivity contribution in [2.45, 2.75) is 26.2 Å². The molecule has 0 saturated heterocycles. The molecule has 5 heteroatoms. The van der Waals surface area contributed by atoms with Gasteiger partial charge in [0.2, 0.25) is 11.8 Å². The second-order valence-electron chi connectivity index (χ2n) is 4.52. The number of carbonyl (C=O) groups excluding carboxylic acids is 2. The van der Waals surface area contributed by atoms with Crippen LogP contribution in [0, 0.1) is 6.92 Å². The molecule has 0 aliphatic rings. The number of hydrogen-bond acceptors (Lipinski definition) is 3. The van der Waals surface area contributed by atoms with Crippen molar-refractivity contribution in [1.29, 1.82) is 0 Å². The molecule has 2 amide bonds. The first kappa shape index (κ1) is 15.2. The largest absolute Gasteiger partial charge is 0.370 e. The van der Waals surface area contributed by atoms with E-state index in [9.17, 15) is 9.59 Å². The van der Waals surface area contributed by atoms with E-state index in [4.69, 9.17) is 5.73 Å². The normalized spacial score (nSPS) is 10.2. The van der Waals surface area contributed by atoms with E-state index >= 15 is 0 Å². The van der Waals surface area contributed by atoms with Crippen LogP contribution in [0.1, 0.15) is 24.8 Å². The number of carbonyl (C=O) groups is 2. The molecular formula is C14H21N3O2. The summed E-state index contributed by atoms with van der Waals surface area (Å²) >= 11 is 0. The molecule has 0 aliphatic heterocycles. The van der Waals surface area contributed by atoms with Crippen LogP contribution in [0.4, 0.5) is 5.69 Å². The van der Waals surface area contributed by atoms with Crippen LogP contribution < -0.4 is 16.4 Å². The first-order chi connectivity index (χ1) is 9.08. The molecule has 4 N–H and O–H groups in total. The molecular weight excluding hydrogens is 242 g/mol. The minimum absolute atomic E-state index is 0.0690. The Labute approximate surface area is 113 Å². The lowest BCUT2D eigenvalue weighted by molar-refractivity contribution is -0.118. The van der Waals surface area contributed by atoms with Crippen molar-refractivity contribution in [2.75, 3.05) is 18.4 Å². The average molecular weight is 263 g/mol. The third-order valence-electron chi connectivity index (χ3n) is 2.61. The van der Waals surface area contributed by atoms with Crippen LogP contribution >= 0.6 is 0 Å². The van der Waals surface area contributed by atoms with Gasteiger partial charge >= 0.3 is 0 Å². The number of primary amides is 1. The molecule has 104 valence electrons. The van der Waals surface area contributed by atoms with E-state index in [1.54, 1.807) is 0 Å². The minimum Gasteiger partial charge on any atom is -0.370 e. The number of nitrogens with two attached hydrogens (primary N) is 1. The topological polar surface area (TPSA) is 84.2 Å². The lowest BCUT2D eigenvalue weighted by Crippen LogP contribution is -2.28. The highest BCUT2D eigenvalue weighted by Crippen LogP contribution is 2.08. The Morgan fingerprint density at radius 2 is 2.05 bits per heavy atom. The Balaban J connectivity index is 2.13. The van der Waals surface area contributed by atoms with Crippen LogP contribution in [0.3, 0.4) is 0 Å². The van der Waals surface area contributed by atoms with Gasteiger partial charge in [-0.05, 0) is 44.0 Å². The molecule has 0 spiro atoms. The minimum atomic E-state index is -0.280. The zero-order chi connectivity index (χ0) is 14.1. The third-order valence-corrected chi connectivity index (χ3v) is 2.61. The second-order valence-corrected chi connectivity index (χ2v) is 4.52. The van der Waals surface area contributed by atoms with Gasteiger partial charge in [0, 0.05) is 12.1 Å². The van der Waals surface area contributed by atoms with Crippen molar-refractivity contribution in [2.24, 2.45) is 5.73 Å². The molecule has 0 heterocycles. The average Bonchev–Trinajstić information content (AvgIpc) is 2.33. The fourth-order valence-corrected chi connectivity index (χ4v) is 1.68. The molecule has 0 saturated carbocycles. The third kappa shape index (κ3) is 7.21. The van der Waals surface area contributed by atoms with E-state index in [-0.39, 0.29) is 18.4 Å². The Bertz CT molecular complexity index is 432. The maximum atomic E-state index is 11.6. The lowest BCUT2D eigenvalue weighted by Gasteiger charge is -2.07. The summed E-state index contributed by atoms with van der Waals surface area (Å²) in [5.74, 6) is -0.349. The molecule has 0 bridgehead atoms. The molecule has 0 fully saturated rings. The zero-order valence-corrected chi connectivity index (χ0v) is 11.2. The van der Waals surface area contributed by atoms with Gasteiger partial charge in [-0.15, -0.1) is 0 Å². The number of rotatable bonds is 8. The Hall–Kier alpha value is -1.88. The molecule has 0 radical (unpaired) electrons. The van der Waals surface area contributed by atoms with Crippen LogP contribution in [0.25, 0.3) is 0 Å². The van der Waals surface area contributed by atoms with Gasteiger partial charge in [-0.25, -0.2) is 0 Å². The number of unbranched alkanes of at least 4 members (excludes halogenated alkanes) is 1. The lowest BCUT2D eigenvalue weighted by atomic mass is 10.2. The van der Waals surface area contributed by atoms with Gasteiger partial charge < -0.3 is 16.4 Å². The molecule has 1 aromatic rings. The number of hydrogen-bond donors (Lipinski definition) is 3. The highest BCUT2D eigenvalue weighted by atomic mass is 16.2. The summed E-state index contributed by atoms with van der Waals surface area (Å²) in [6.45, 7) is 2.95. The van der Waals surface area contributed by atoms with Gasteiger partial charge in [0.1, 0.15) is 0 Å². The van der Waals surface area contributed by atoms with Gasteiger partial charge in [0.15, 0.2) is 0 Å². The van der Waals surface area contributed by atoms with Crippen LogP contribution in [0.2, 0.25) is 0 Å². The number of anilines is 1. The Kier molecular flexibility index (Phi) is 6.60. The van der Waals surface area contributed by atoms with Crippen LogP contribution in [-0.4, -0.2) is 24.9 Å². The van der Waals surface area contributed by atoms with E-state index in [1.807, 2.05) is 31.2 Å². The van der Waals surface area contributed by atoms with Gasteiger partial charge in [0.25, 0.3) is 0 Å². The van der Waals surface area contributed by atoms with Crippen molar-refractivity contribution in [1.82, 2.24) is 5.32 Å². The highest BCUT2D eigenvalue weighted by molar-refractivity contribution is 5.92. The zero-order valence-electron chi connectivity index (χ0n) is 11.2. The van der Waals surface area contributed by atoms with Crippen molar-refractivity contribution in [3.8, 4) is 0 Å². The molecule has 0 atom stereocenters. The molecule has 1 aromatic carbocycles. The SMILES string of the molecule is Cc1cccc(NC(=O)CNCCCCC(N)=O)c1. The van der Waals surface area contributed by atoms with Crippen LogP contribution in [0.5, 0.6) is 0 Å². The van der Waals surface area contributed by atoms with E-state index in [2.05, 4.69) is 10.6 Å². The fourth-order valence-electron chi connectivity index (χ4n) is 1.68. The van der Waals surface area contributed by atoms with Gasteiger partial charge in [-0.3, -0.25) is 9.59 Å². The smallest absolute Gasteiger partial charge is 0.238 e. The predicted octanol–water partition coefficient (Wildman–Crippen LogP) is 1.18. The molecule has 0 unspecified atom stereocenters. The maximum absolute atomic E-state index is 11.6. The second kappa shape index (κ2) is 8.26. The summed E-state index contributed by atoms with van der Waals surface area (Å²) in [6, 6.07) is 7.66. The van der Waals surface area contributed by atoms with E-state index in [1.165, 1.54) is 0 Å². The van der Waals surface area contributed by atoms with Crippen molar-refractivity contribution >= 4 is 17.5 Å². The van der Waals surface area contributed by atoms with Gasteiger partial charge in [-0.2, -0.15) is 0 Å². The highest BCUT2D eigenvalue weighted by Gasteiger charge is 2.01. The first-order valence-electron chi connectivity index (χ1n) is 6.43. The van der Waals surface area contributed by atoms with Gasteiger partial charge in [0.05, 0.1) is 6.54 Å². The van der Waals surface area contributed by atoms with E-state index in [0.29, 0.717) is 13.0 Å². The summed E-state index contributed by atoms with van der Waals surface area (Å²) in [7, 11) is 0. The first-order valence-corrected chi connectivity index (χ1v) is 6.43. The van der Waals surface area contributed by atoms with Crippen LogP contribution in [0.15, 0.2) is 24.3 Å². The Morgan fingerprint density at radius 1 is 1.26 bits per heavy atom. The monoisotopic (exact) mass is 263 g/mol. The molecule has 0 aromatic heterocycles. The van der Waals surface area contributed by atoms with Crippen molar-refractivity contribution in [3.05, 3.63) is 29.8 Å². The summed E-state index contributed by atoms with van der Waals surface area (Å²) in [6.07, 6.45) is 1.99. The molecule has 19 heavy (non-hydrogen) atoms. The number of amides is 2. The van der Waals surface area contributed by atoms with Crippen molar-refractivity contribution in [3.63, 3.8) is 0 Å². The summed E-state index contributed by atoms with van der Waals surface area (Å²) < 4.78 is 0. The number of aryl methyl sites for hydroxylation is 1. The van der Waals surface area contributed by atoms with E-state index in [0.717, 1.165) is 24.1 Å².